The number of carbonyl (C=O) groups is 2. The molecule has 2 N–H and O–H groups in total. The second-order valence-electron chi connectivity index (χ2n) is 7.52. The monoisotopic (exact) mass is 411 g/mol. The van der Waals surface area contributed by atoms with Gasteiger partial charge in [-0.2, -0.15) is 0 Å². The zero-order chi connectivity index (χ0) is 21.5. The number of amides is 2. The Balaban J connectivity index is 1.48. The van der Waals surface area contributed by atoms with Crippen LogP contribution in [-0.2, 0) is 9.59 Å². The molecule has 7 nitrogen and oxygen atoms in total. The van der Waals surface area contributed by atoms with Crippen molar-refractivity contribution in [1.82, 2.24) is 4.90 Å². The van der Waals surface area contributed by atoms with Crippen molar-refractivity contribution in [2.24, 2.45) is 5.92 Å². The van der Waals surface area contributed by atoms with Crippen LogP contribution in [0.25, 0.3) is 0 Å². The lowest BCUT2D eigenvalue weighted by Gasteiger charge is -2.30. The van der Waals surface area contributed by atoms with Crippen LogP contribution in [0.4, 0.5) is 11.4 Å². The van der Waals surface area contributed by atoms with Gasteiger partial charge in [-0.15, -0.1) is 0 Å². The lowest BCUT2D eigenvalue weighted by molar-refractivity contribution is -0.121. The molecule has 0 atom stereocenters. The van der Waals surface area contributed by atoms with Gasteiger partial charge in [0, 0.05) is 17.7 Å². The van der Waals surface area contributed by atoms with E-state index in [9.17, 15) is 9.59 Å². The van der Waals surface area contributed by atoms with E-state index in [-0.39, 0.29) is 17.7 Å². The van der Waals surface area contributed by atoms with Crippen molar-refractivity contribution < 1.29 is 19.1 Å². The number of carbonyl (C=O) groups excluding carboxylic acids is 2. The number of nitrogens with one attached hydrogen (secondary N) is 2. The van der Waals surface area contributed by atoms with Crippen LogP contribution in [0.2, 0.25) is 0 Å². The third-order valence-corrected chi connectivity index (χ3v) is 5.33. The van der Waals surface area contributed by atoms with Crippen LogP contribution in [0.3, 0.4) is 0 Å². The van der Waals surface area contributed by atoms with Crippen molar-refractivity contribution in [2.75, 3.05) is 44.5 Å². The van der Waals surface area contributed by atoms with Gasteiger partial charge in [-0.3, -0.25) is 14.5 Å². The van der Waals surface area contributed by atoms with Gasteiger partial charge in [-0.05, 0) is 57.1 Å². The summed E-state index contributed by atoms with van der Waals surface area (Å²) >= 11 is 0. The molecule has 160 valence electrons. The highest BCUT2D eigenvalue weighted by molar-refractivity contribution is 5.94. The van der Waals surface area contributed by atoms with Crippen LogP contribution in [0, 0.1) is 12.8 Å². The van der Waals surface area contributed by atoms with E-state index in [1.807, 2.05) is 31.2 Å². The first-order valence-corrected chi connectivity index (χ1v) is 10.1. The molecular weight excluding hydrogens is 382 g/mol. The molecule has 1 saturated heterocycles. The average Bonchev–Trinajstić information content (AvgIpc) is 2.75. The van der Waals surface area contributed by atoms with Crippen molar-refractivity contribution in [3.63, 3.8) is 0 Å². The zero-order valence-electron chi connectivity index (χ0n) is 17.7. The Kier molecular flexibility index (Phi) is 7.30. The van der Waals surface area contributed by atoms with Crippen LogP contribution in [0.15, 0.2) is 42.5 Å². The molecule has 2 aromatic carbocycles. The molecule has 1 aliphatic heterocycles. The first kappa shape index (κ1) is 21.6. The number of benzene rings is 2. The van der Waals surface area contributed by atoms with Crippen LogP contribution in [-0.4, -0.2) is 50.6 Å². The molecule has 1 fully saturated rings. The van der Waals surface area contributed by atoms with E-state index in [0.29, 0.717) is 49.7 Å². The van der Waals surface area contributed by atoms with Crippen molar-refractivity contribution in [3.05, 3.63) is 48.0 Å². The molecule has 1 aliphatic rings. The highest BCUT2D eigenvalue weighted by Gasteiger charge is 2.26. The Morgan fingerprint density at radius 1 is 1.00 bits per heavy atom. The first-order valence-electron chi connectivity index (χ1n) is 10.1. The van der Waals surface area contributed by atoms with Crippen LogP contribution < -0.4 is 20.1 Å². The van der Waals surface area contributed by atoms with E-state index in [1.165, 1.54) is 0 Å². The first-order chi connectivity index (χ1) is 14.5. The number of anilines is 2. The summed E-state index contributed by atoms with van der Waals surface area (Å²) in [5.41, 5.74) is 2.55. The molecule has 0 bridgehead atoms. The largest absolute Gasteiger partial charge is 0.497 e. The van der Waals surface area contributed by atoms with Crippen molar-refractivity contribution in [2.45, 2.75) is 19.8 Å². The number of methoxy groups -OCH3 is 2. The highest BCUT2D eigenvalue weighted by Crippen LogP contribution is 2.30. The molecule has 30 heavy (non-hydrogen) atoms. The predicted octanol–water partition coefficient (Wildman–Crippen LogP) is 3.30. The molecule has 1 heterocycles. The molecule has 7 heteroatoms. The summed E-state index contributed by atoms with van der Waals surface area (Å²) < 4.78 is 10.6. The van der Waals surface area contributed by atoms with Crippen LogP contribution >= 0.6 is 0 Å². The molecular formula is C23H29N3O4. The minimum absolute atomic E-state index is 0.0368. The molecule has 0 spiro atoms. The van der Waals surface area contributed by atoms with Crippen molar-refractivity contribution in [1.29, 1.82) is 0 Å². The zero-order valence-corrected chi connectivity index (χ0v) is 17.7. The fourth-order valence-electron chi connectivity index (χ4n) is 3.54. The lowest BCUT2D eigenvalue weighted by Crippen LogP contribution is -2.41. The maximum atomic E-state index is 12.7. The summed E-state index contributed by atoms with van der Waals surface area (Å²) in [6.45, 7) is 3.74. The van der Waals surface area contributed by atoms with Gasteiger partial charge in [0.1, 0.15) is 11.5 Å². The number of hydrogen-bond acceptors (Lipinski definition) is 5. The minimum atomic E-state index is -0.0997. The molecule has 0 radical (unpaired) electrons. The van der Waals surface area contributed by atoms with E-state index in [2.05, 4.69) is 15.5 Å². The summed E-state index contributed by atoms with van der Waals surface area (Å²) in [7, 11) is 3.15. The molecule has 0 saturated carbocycles. The Labute approximate surface area is 177 Å². The van der Waals surface area contributed by atoms with Gasteiger partial charge in [0.05, 0.1) is 26.5 Å². The summed E-state index contributed by atoms with van der Waals surface area (Å²) in [6.07, 6.45) is 1.41. The van der Waals surface area contributed by atoms with Crippen LogP contribution in [0.5, 0.6) is 11.5 Å². The number of ether oxygens (including phenoxy) is 2. The standard InChI is InChI=1S/C23H29N3O4/c1-16-4-6-18(7-5-16)24-22(27)15-26-12-10-17(11-13-26)23(28)25-20-14-19(29-2)8-9-21(20)30-3/h4-9,14,17H,10-13,15H2,1-3H3,(H,24,27)(H,25,28). The second kappa shape index (κ2) is 10.1. The van der Waals surface area contributed by atoms with Gasteiger partial charge in [0.25, 0.3) is 0 Å². The Morgan fingerprint density at radius 3 is 2.33 bits per heavy atom. The van der Waals surface area contributed by atoms with Gasteiger partial charge in [0.15, 0.2) is 0 Å². The smallest absolute Gasteiger partial charge is 0.238 e. The van der Waals surface area contributed by atoms with E-state index >= 15 is 0 Å². The quantitative estimate of drug-likeness (QED) is 0.731. The fourth-order valence-corrected chi connectivity index (χ4v) is 3.54. The van der Waals surface area contributed by atoms with E-state index in [1.54, 1.807) is 32.4 Å². The van der Waals surface area contributed by atoms with Gasteiger partial charge in [-0.25, -0.2) is 0 Å². The molecule has 2 aromatic rings. The molecule has 0 aliphatic carbocycles. The van der Waals surface area contributed by atoms with Crippen LogP contribution in [0.1, 0.15) is 18.4 Å². The summed E-state index contributed by atoms with van der Waals surface area (Å²) in [6, 6.07) is 13.0. The van der Waals surface area contributed by atoms with Gasteiger partial charge in [-0.1, -0.05) is 17.7 Å². The van der Waals surface area contributed by atoms with E-state index in [4.69, 9.17) is 9.47 Å². The summed E-state index contributed by atoms with van der Waals surface area (Å²) in [5.74, 6) is 1.07. The average molecular weight is 412 g/mol. The normalized spacial score (nSPS) is 14.8. The van der Waals surface area contributed by atoms with Gasteiger partial charge >= 0.3 is 0 Å². The van der Waals surface area contributed by atoms with Crippen molar-refractivity contribution >= 4 is 23.2 Å². The maximum absolute atomic E-state index is 12.7. The number of hydrogen-bond donors (Lipinski definition) is 2. The van der Waals surface area contributed by atoms with Gasteiger partial charge < -0.3 is 20.1 Å². The van der Waals surface area contributed by atoms with Gasteiger partial charge in [0.2, 0.25) is 11.8 Å². The van der Waals surface area contributed by atoms with E-state index < -0.39 is 0 Å². The maximum Gasteiger partial charge on any atom is 0.238 e. The third kappa shape index (κ3) is 5.73. The Bertz CT molecular complexity index is 875. The number of rotatable bonds is 7. The topological polar surface area (TPSA) is 79.9 Å². The Morgan fingerprint density at radius 2 is 1.70 bits per heavy atom. The highest BCUT2D eigenvalue weighted by atomic mass is 16.5. The predicted molar refractivity (Wildman–Crippen MR) is 117 cm³/mol. The Hall–Kier alpha value is -3.06. The second-order valence-corrected chi connectivity index (χ2v) is 7.52. The van der Waals surface area contributed by atoms with E-state index in [0.717, 1.165) is 11.3 Å². The number of likely N-dealkylation sites (tertiary alicyclic amines) is 1. The summed E-state index contributed by atoms with van der Waals surface area (Å²) in [4.78, 5) is 27.1. The molecule has 0 aromatic heterocycles. The molecule has 3 rings (SSSR count). The minimum Gasteiger partial charge on any atom is -0.497 e. The molecule has 2 amide bonds. The number of piperidine rings is 1. The number of aryl methyl sites for hydroxylation is 1. The van der Waals surface area contributed by atoms with Crippen molar-refractivity contribution in [3.8, 4) is 11.5 Å². The number of nitrogens with zero attached hydrogens (tertiary/aromatic N) is 1. The summed E-state index contributed by atoms with van der Waals surface area (Å²) in [5, 5.41) is 5.88. The third-order valence-electron chi connectivity index (χ3n) is 5.33. The lowest BCUT2D eigenvalue weighted by atomic mass is 9.95. The SMILES string of the molecule is COc1ccc(OC)c(NC(=O)C2CCN(CC(=O)Nc3ccc(C)cc3)CC2)c1. The fraction of sp³-hybridized carbons (Fsp3) is 0.391. The molecule has 0 unspecified atom stereocenters.